The fraction of sp³-hybridized carbons (Fsp3) is 0.750. The monoisotopic (exact) mass is 265 g/mol. The Morgan fingerprint density at radius 2 is 2.32 bits per heavy atom. The third-order valence-electron chi connectivity index (χ3n) is 3.66. The largest absolute Gasteiger partial charge is 0.390 e. The molecule has 0 unspecified atom stereocenters. The molecule has 0 bridgehead atoms. The van der Waals surface area contributed by atoms with Gasteiger partial charge in [-0.05, 0) is 37.8 Å². The molecule has 0 radical (unpaired) electrons. The average molecular weight is 265 g/mol. The number of aliphatic hydroxyl groups excluding tert-OH is 1. The van der Waals surface area contributed by atoms with Crippen LogP contribution in [0.4, 0.5) is 0 Å². The van der Waals surface area contributed by atoms with Crippen LogP contribution in [0.5, 0.6) is 0 Å². The van der Waals surface area contributed by atoms with Crippen molar-refractivity contribution in [2.24, 2.45) is 12.2 Å². The van der Waals surface area contributed by atoms with Gasteiger partial charge < -0.3 is 9.84 Å². The Morgan fingerprint density at radius 1 is 1.58 bits per heavy atom. The number of hydrogen-bond donors (Lipinski definition) is 1. The van der Waals surface area contributed by atoms with Crippen LogP contribution < -0.4 is 0 Å². The minimum atomic E-state index is -0.769. The van der Waals surface area contributed by atoms with E-state index in [1.54, 1.807) is 17.8 Å². The molecule has 1 fully saturated rings. The highest BCUT2D eigenvalue weighted by atomic mass is 16.5. The minimum absolute atomic E-state index is 0.129. The van der Waals surface area contributed by atoms with Crippen molar-refractivity contribution in [3.8, 4) is 0 Å². The van der Waals surface area contributed by atoms with E-state index in [1.165, 1.54) is 0 Å². The van der Waals surface area contributed by atoms with Crippen LogP contribution in [-0.2, 0) is 11.8 Å². The summed E-state index contributed by atoms with van der Waals surface area (Å²) in [5, 5.41) is 18.0. The number of azide groups is 1. The molecule has 2 rings (SSSR count). The molecule has 1 saturated heterocycles. The van der Waals surface area contributed by atoms with Crippen molar-refractivity contribution in [1.82, 2.24) is 9.78 Å². The molecule has 7 nitrogen and oxygen atoms in total. The summed E-state index contributed by atoms with van der Waals surface area (Å²) in [6.07, 6.45) is 1.83. The van der Waals surface area contributed by atoms with Crippen LogP contribution in [0.2, 0.25) is 0 Å². The molecule has 1 N–H and O–H groups in total. The number of nitrogens with zero attached hydrogens (tertiary/aromatic N) is 5. The van der Waals surface area contributed by atoms with Gasteiger partial charge in [0.25, 0.3) is 0 Å². The topological polar surface area (TPSA) is 96.0 Å². The van der Waals surface area contributed by atoms with Crippen LogP contribution in [0.15, 0.2) is 11.3 Å². The first-order valence-corrected chi connectivity index (χ1v) is 6.40. The molecule has 0 aliphatic carbocycles. The van der Waals surface area contributed by atoms with Crippen molar-refractivity contribution in [2.45, 2.75) is 51.0 Å². The predicted molar refractivity (Wildman–Crippen MR) is 69.4 cm³/mol. The zero-order chi connectivity index (χ0) is 14.0. The Hall–Kier alpha value is -1.56. The van der Waals surface area contributed by atoms with E-state index in [0.29, 0.717) is 12.8 Å². The number of rotatable bonds is 2. The van der Waals surface area contributed by atoms with E-state index < -0.39 is 12.1 Å². The Balaban J connectivity index is 2.24. The Kier molecular flexibility index (Phi) is 4.09. The zero-order valence-electron chi connectivity index (χ0n) is 11.4. The van der Waals surface area contributed by atoms with Gasteiger partial charge in [-0.15, -0.1) is 0 Å². The first-order chi connectivity index (χ1) is 9.04. The van der Waals surface area contributed by atoms with Crippen LogP contribution in [-0.4, -0.2) is 33.1 Å². The quantitative estimate of drug-likeness (QED) is 0.503. The lowest BCUT2D eigenvalue weighted by Gasteiger charge is -2.23. The van der Waals surface area contributed by atoms with Crippen LogP contribution in [0, 0.1) is 6.92 Å². The average Bonchev–Trinajstić information content (AvgIpc) is 2.64. The smallest absolute Gasteiger partial charge is 0.0999 e. The summed E-state index contributed by atoms with van der Waals surface area (Å²) >= 11 is 0. The lowest BCUT2D eigenvalue weighted by Crippen LogP contribution is -2.34. The molecule has 0 amide bonds. The second-order valence-corrected chi connectivity index (χ2v) is 5.01. The normalized spacial score (nSPS) is 31.6. The maximum absolute atomic E-state index is 10.1. The third-order valence-corrected chi connectivity index (χ3v) is 3.66. The first kappa shape index (κ1) is 13.9. The second kappa shape index (κ2) is 5.61. The van der Waals surface area contributed by atoms with E-state index in [4.69, 9.17) is 10.3 Å². The highest BCUT2D eigenvalue weighted by Crippen LogP contribution is 2.32. The number of aryl methyl sites for hydroxylation is 2. The van der Waals surface area contributed by atoms with Gasteiger partial charge in [-0.25, -0.2) is 0 Å². The molecule has 0 spiro atoms. The van der Waals surface area contributed by atoms with Crippen molar-refractivity contribution >= 4 is 0 Å². The summed E-state index contributed by atoms with van der Waals surface area (Å²) in [6, 6.07) is -0.432. The van der Waals surface area contributed by atoms with Gasteiger partial charge in [-0.1, -0.05) is 5.11 Å². The zero-order valence-corrected chi connectivity index (χ0v) is 11.4. The van der Waals surface area contributed by atoms with Crippen LogP contribution in [0.1, 0.15) is 37.1 Å². The lowest BCUT2D eigenvalue weighted by atomic mass is 10.0. The molecule has 4 atom stereocenters. The van der Waals surface area contributed by atoms with Gasteiger partial charge in [0, 0.05) is 12.0 Å². The number of hydrogen-bond acceptors (Lipinski definition) is 4. The van der Waals surface area contributed by atoms with Gasteiger partial charge in [0.05, 0.1) is 36.2 Å². The first-order valence-electron chi connectivity index (χ1n) is 6.40. The fourth-order valence-electron chi connectivity index (χ4n) is 2.63. The number of aliphatic hydroxyl groups is 1. The van der Waals surface area contributed by atoms with Gasteiger partial charge >= 0.3 is 0 Å². The van der Waals surface area contributed by atoms with Gasteiger partial charge in [0.2, 0.25) is 0 Å². The van der Waals surface area contributed by atoms with Crippen molar-refractivity contribution in [1.29, 1.82) is 0 Å². The van der Waals surface area contributed by atoms with Crippen molar-refractivity contribution in [3.05, 3.63) is 27.9 Å². The van der Waals surface area contributed by atoms with E-state index in [1.807, 2.05) is 14.0 Å². The van der Waals surface area contributed by atoms with Gasteiger partial charge in [0.15, 0.2) is 0 Å². The van der Waals surface area contributed by atoms with Crippen LogP contribution in [0.3, 0.4) is 0 Å². The highest BCUT2D eigenvalue weighted by Gasteiger charge is 2.33. The molecule has 1 aliphatic rings. The van der Waals surface area contributed by atoms with Crippen molar-refractivity contribution in [3.63, 3.8) is 0 Å². The maximum atomic E-state index is 10.1. The van der Waals surface area contributed by atoms with Crippen LogP contribution >= 0.6 is 0 Å². The molecule has 2 heterocycles. The Morgan fingerprint density at radius 3 is 2.89 bits per heavy atom. The van der Waals surface area contributed by atoms with Gasteiger partial charge in [0.1, 0.15) is 0 Å². The molecule has 1 aromatic heterocycles. The van der Waals surface area contributed by atoms with E-state index >= 15 is 0 Å². The maximum Gasteiger partial charge on any atom is 0.0999 e. The summed E-state index contributed by atoms with van der Waals surface area (Å²) in [7, 11) is 1.88. The van der Waals surface area contributed by atoms with Gasteiger partial charge in [-0.3, -0.25) is 4.68 Å². The van der Waals surface area contributed by atoms with Crippen molar-refractivity contribution < 1.29 is 9.84 Å². The lowest BCUT2D eigenvalue weighted by molar-refractivity contribution is -0.0618. The van der Waals surface area contributed by atoms with Crippen LogP contribution in [0.25, 0.3) is 10.4 Å². The summed E-state index contributed by atoms with van der Waals surface area (Å²) in [5.74, 6) is 0. The summed E-state index contributed by atoms with van der Waals surface area (Å²) < 4.78 is 7.71. The minimum Gasteiger partial charge on any atom is -0.390 e. The summed E-state index contributed by atoms with van der Waals surface area (Å²) in [5.41, 5.74) is 10.6. The number of ether oxygens (including phenoxy) is 1. The Labute approximate surface area is 111 Å². The summed E-state index contributed by atoms with van der Waals surface area (Å²) in [6.45, 7) is 3.79. The van der Waals surface area contributed by atoms with E-state index in [0.717, 1.165) is 11.3 Å². The summed E-state index contributed by atoms with van der Waals surface area (Å²) in [4.78, 5) is 2.80. The standard InChI is InChI=1S/C12H19N5O2/c1-7-6-14-17(3)11(7)10-5-4-9(15-16-13)12(18)8(2)19-10/h6,8-10,12,18H,4-5H2,1-3H3/t8-,9+,10-,12+/m0/s1. The molecule has 1 aromatic rings. The van der Waals surface area contributed by atoms with E-state index in [9.17, 15) is 5.11 Å². The molecule has 0 saturated carbocycles. The molecular weight excluding hydrogens is 246 g/mol. The molecule has 0 aromatic carbocycles. The van der Waals surface area contributed by atoms with Gasteiger partial charge in [-0.2, -0.15) is 5.10 Å². The Bertz CT molecular complexity index is 475. The molecule has 1 aliphatic heterocycles. The van der Waals surface area contributed by atoms with E-state index in [2.05, 4.69) is 15.1 Å². The molecular formula is C12H19N5O2. The molecule has 104 valence electrons. The molecule has 7 heteroatoms. The SMILES string of the molecule is Cc1cnn(C)c1[C@@H]1CC[C@@H](N=[N+]=[N-])[C@H](O)[C@H](C)O1. The van der Waals surface area contributed by atoms with E-state index in [-0.39, 0.29) is 12.2 Å². The third kappa shape index (κ3) is 2.73. The molecule has 19 heavy (non-hydrogen) atoms. The van der Waals surface area contributed by atoms with Crippen molar-refractivity contribution in [2.75, 3.05) is 0 Å². The highest BCUT2D eigenvalue weighted by molar-refractivity contribution is 5.18. The second-order valence-electron chi connectivity index (χ2n) is 5.01. The number of aromatic nitrogens is 2. The fourth-order valence-corrected chi connectivity index (χ4v) is 2.63. The predicted octanol–water partition coefficient (Wildman–Crippen LogP) is 2.01.